The summed E-state index contributed by atoms with van der Waals surface area (Å²) in [6.07, 6.45) is 0. The lowest BCUT2D eigenvalue weighted by atomic mass is 9.98. The predicted octanol–water partition coefficient (Wildman–Crippen LogP) is -0.310. The summed E-state index contributed by atoms with van der Waals surface area (Å²) in [7, 11) is 1.30. The third kappa shape index (κ3) is 0.935. The molecule has 1 aliphatic rings. The highest BCUT2D eigenvalue weighted by Crippen LogP contribution is 2.11. The van der Waals surface area contributed by atoms with Gasteiger partial charge in [0.2, 0.25) is 0 Å². The Morgan fingerprint density at radius 2 is 1.92 bits per heavy atom. The van der Waals surface area contributed by atoms with Gasteiger partial charge >= 0.3 is 5.97 Å². The number of esters is 1. The first-order chi connectivity index (χ1) is 6.25. The van der Waals surface area contributed by atoms with Crippen molar-refractivity contribution >= 4 is 17.3 Å². The van der Waals surface area contributed by atoms with Gasteiger partial charge in [0, 0.05) is 10.4 Å². The lowest BCUT2D eigenvalue weighted by Gasteiger charge is -2.12. The van der Waals surface area contributed by atoms with Crippen LogP contribution in [0.1, 0.15) is 0 Å². The number of benzene rings is 1. The molecule has 1 aliphatic carbocycles. The maximum Gasteiger partial charge on any atom is 0.342 e. The lowest BCUT2D eigenvalue weighted by Crippen LogP contribution is -2.41. The summed E-state index contributed by atoms with van der Waals surface area (Å²) in [4.78, 5) is 11.1. The van der Waals surface area contributed by atoms with Crippen LogP contribution in [0, 0.1) is 0 Å². The van der Waals surface area contributed by atoms with Crippen LogP contribution in [0.3, 0.4) is 0 Å². The number of methoxy groups -OCH3 is 1. The highest BCUT2D eigenvalue weighted by atomic mass is 16.5. The molecule has 0 bridgehead atoms. The Morgan fingerprint density at radius 1 is 1.31 bits per heavy atom. The normalized spacial score (nSPS) is 13.3. The monoisotopic (exact) mass is 176 g/mol. The largest absolute Gasteiger partial charge is 0.506 e. The molecule has 0 atom stereocenters. The molecule has 0 saturated carbocycles. The van der Waals surface area contributed by atoms with Crippen molar-refractivity contribution in [2.24, 2.45) is 0 Å². The van der Waals surface area contributed by atoms with E-state index in [-0.39, 0.29) is 11.3 Å². The Hall–Kier alpha value is -1.77. The molecule has 0 fully saturated rings. The molecule has 13 heavy (non-hydrogen) atoms. The van der Waals surface area contributed by atoms with Gasteiger partial charge in [-0.2, -0.15) is 0 Å². The summed E-state index contributed by atoms with van der Waals surface area (Å²) in [6.45, 7) is 0. The second-order valence-corrected chi connectivity index (χ2v) is 2.76. The summed E-state index contributed by atoms with van der Waals surface area (Å²) in [5.41, 5.74) is 0.276. The fourth-order valence-corrected chi connectivity index (χ4v) is 1.42. The average Bonchev–Trinajstić information content (AvgIpc) is 2.17. The van der Waals surface area contributed by atoms with Gasteiger partial charge in [0.25, 0.3) is 0 Å². The van der Waals surface area contributed by atoms with Gasteiger partial charge < -0.3 is 9.84 Å². The van der Waals surface area contributed by atoms with E-state index in [2.05, 4.69) is 4.74 Å². The Kier molecular flexibility index (Phi) is 1.59. The van der Waals surface area contributed by atoms with Crippen molar-refractivity contribution in [2.45, 2.75) is 0 Å². The van der Waals surface area contributed by atoms with Gasteiger partial charge in [-0.15, -0.1) is 0 Å². The Balaban J connectivity index is 2.66. The second-order valence-electron chi connectivity index (χ2n) is 2.76. The molecule has 0 radical (unpaired) electrons. The van der Waals surface area contributed by atoms with Crippen LogP contribution in [0.4, 0.5) is 0 Å². The van der Waals surface area contributed by atoms with Crippen molar-refractivity contribution < 1.29 is 14.6 Å². The van der Waals surface area contributed by atoms with Gasteiger partial charge in [-0.05, 0) is 0 Å². The van der Waals surface area contributed by atoms with Gasteiger partial charge in [0.05, 0.1) is 7.11 Å². The van der Waals surface area contributed by atoms with E-state index < -0.39 is 5.97 Å². The van der Waals surface area contributed by atoms with E-state index in [1.165, 1.54) is 7.11 Å². The van der Waals surface area contributed by atoms with E-state index >= 15 is 0 Å². The second kappa shape index (κ2) is 2.62. The molecule has 0 aromatic heterocycles. The van der Waals surface area contributed by atoms with Crippen LogP contribution in [0.25, 0.3) is 11.3 Å². The fraction of sp³-hybridized carbons (Fsp3) is 0.100. The molecule has 0 aliphatic heterocycles. The van der Waals surface area contributed by atoms with Gasteiger partial charge in [-0.25, -0.2) is 4.79 Å². The summed E-state index contributed by atoms with van der Waals surface area (Å²) in [6, 6.07) is 7.16. The molecular weight excluding hydrogens is 168 g/mol. The van der Waals surface area contributed by atoms with E-state index in [0.717, 1.165) is 5.22 Å². The van der Waals surface area contributed by atoms with E-state index in [9.17, 15) is 9.90 Å². The smallest absolute Gasteiger partial charge is 0.342 e. The van der Waals surface area contributed by atoms with Crippen molar-refractivity contribution in [1.82, 2.24) is 0 Å². The summed E-state index contributed by atoms with van der Waals surface area (Å²) >= 11 is 0. The van der Waals surface area contributed by atoms with E-state index in [1.54, 1.807) is 12.1 Å². The van der Waals surface area contributed by atoms with Crippen molar-refractivity contribution in [3.05, 3.63) is 34.7 Å². The number of carbonyl (C=O) groups excluding carboxylic acids is 1. The Bertz CT molecular complexity index is 485. The minimum atomic E-state index is -0.490. The molecule has 0 saturated heterocycles. The molecule has 0 unspecified atom stereocenters. The van der Waals surface area contributed by atoms with Gasteiger partial charge in [-0.1, -0.05) is 24.3 Å². The first kappa shape index (κ1) is 7.86. The Morgan fingerprint density at radius 3 is 2.54 bits per heavy atom. The highest BCUT2D eigenvalue weighted by Gasteiger charge is 2.23. The number of aliphatic hydroxyl groups excluding tert-OH is 1. The van der Waals surface area contributed by atoms with Crippen LogP contribution in [0.5, 0.6) is 0 Å². The van der Waals surface area contributed by atoms with Crippen molar-refractivity contribution in [1.29, 1.82) is 0 Å². The minimum absolute atomic E-state index is 0.0300. The van der Waals surface area contributed by atoms with Crippen molar-refractivity contribution in [3.8, 4) is 0 Å². The zero-order valence-electron chi connectivity index (χ0n) is 7.07. The highest BCUT2D eigenvalue weighted by molar-refractivity contribution is 6.25. The maximum atomic E-state index is 11.1. The Labute approximate surface area is 74.6 Å². The van der Waals surface area contributed by atoms with Crippen LogP contribution < -0.4 is 10.4 Å². The van der Waals surface area contributed by atoms with Crippen LogP contribution in [-0.4, -0.2) is 18.2 Å². The number of fused-ring (bicyclic) bond motifs is 1. The molecule has 1 N–H and O–H groups in total. The fourth-order valence-electron chi connectivity index (χ4n) is 1.42. The topological polar surface area (TPSA) is 46.5 Å². The number of carbonyl (C=O) groups is 1. The van der Waals surface area contributed by atoms with Gasteiger partial charge in [0.15, 0.2) is 0 Å². The first-order valence-electron chi connectivity index (χ1n) is 3.87. The average molecular weight is 176 g/mol. The van der Waals surface area contributed by atoms with Crippen LogP contribution in [0.2, 0.25) is 0 Å². The van der Waals surface area contributed by atoms with Gasteiger partial charge in [-0.3, -0.25) is 0 Å². The third-order valence-corrected chi connectivity index (χ3v) is 2.08. The number of aliphatic hydroxyl groups is 1. The zero-order chi connectivity index (χ0) is 9.42. The van der Waals surface area contributed by atoms with Crippen LogP contribution >= 0.6 is 0 Å². The molecule has 0 spiro atoms. The molecule has 1 aromatic rings. The SMILES string of the molecule is COC(=O)C1=c2ccccc2=C1O. The first-order valence-corrected chi connectivity index (χ1v) is 3.87. The van der Waals surface area contributed by atoms with Crippen LogP contribution in [0.15, 0.2) is 24.3 Å². The summed E-state index contributed by atoms with van der Waals surface area (Å²) < 4.78 is 4.52. The minimum Gasteiger partial charge on any atom is -0.506 e. The number of hydrogen-bond acceptors (Lipinski definition) is 3. The molecule has 1 aromatic carbocycles. The molecular formula is C10H8O3. The van der Waals surface area contributed by atoms with E-state index in [1.807, 2.05) is 12.1 Å². The molecule has 0 amide bonds. The third-order valence-electron chi connectivity index (χ3n) is 2.08. The standard InChI is InChI=1S/C10H8O3/c1-13-10(12)8-6-4-2-3-5-7(6)9(8)11/h2-5,11H,1H3. The maximum absolute atomic E-state index is 11.1. The van der Waals surface area contributed by atoms with Crippen LogP contribution in [-0.2, 0) is 9.53 Å². The molecule has 0 heterocycles. The summed E-state index contributed by atoms with van der Waals surface area (Å²) in [5.74, 6) is -0.460. The number of ether oxygens (including phenoxy) is 1. The lowest BCUT2D eigenvalue weighted by molar-refractivity contribution is -0.133. The van der Waals surface area contributed by atoms with Gasteiger partial charge in [0.1, 0.15) is 11.3 Å². The zero-order valence-corrected chi connectivity index (χ0v) is 7.07. The van der Waals surface area contributed by atoms with E-state index in [4.69, 9.17) is 0 Å². The van der Waals surface area contributed by atoms with Crippen molar-refractivity contribution in [2.75, 3.05) is 7.11 Å². The van der Waals surface area contributed by atoms with E-state index in [0.29, 0.717) is 5.22 Å². The summed E-state index contributed by atoms with van der Waals surface area (Å²) in [5, 5.41) is 10.9. The predicted molar refractivity (Wildman–Crippen MR) is 47.2 cm³/mol. The quantitative estimate of drug-likeness (QED) is 0.597. The number of hydrogen-bond donors (Lipinski definition) is 1. The molecule has 3 heteroatoms. The van der Waals surface area contributed by atoms with Crippen molar-refractivity contribution in [3.63, 3.8) is 0 Å². The molecule has 2 rings (SSSR count). The number of rotatable bonds is 1. The molecule has 3 nitrogen and oxygen atoms in total. The molecule has 66 valence electrons.